The molecule has 1 aliphatic rings. The van der Waals surface area contributed by atoms with Gasteiger partial charge in [0.05, 0.1) is 7.11 Å². The van der Waals surface area contributed by atoms with Gasteiger partial charge in [0.2, 0.25) is 5.91 Å². The number of likely N-dealkylation sites (tertiary alicyclic amines) is 1. The molecule has 1 aliphatic heterocycles. The Kier molecular flexibility index (Phi) is 4.85. The molecule has 2 heterocycles. The number of rotatable bonds is 5. The highest BCUT2D eigenvalue weighted by atomic mass is 16.5. The van der Waals surface area contributed by atoms with E-state index in [9.17, 15) is 4.79 Å². The first-order valence-corrected chi connectivity index (χ1v) is 8.22. The molecule has 1 fully saturated rings. The Morgan fingerprint density at radius 3 is 2.67 bits per heavy atom. The van der Waals surface area contributed by atoms with Gasteiger partial charge in [-0.05, 0) is 30.2 Å². The molecule has 0 bridgehead atoms. The molecule has 0 aliphatic carbocycles. The van der Waals surface area contributed by atoms with Crippen LogP contribution in [-0.4, -0.2) is 46.8 Å². The second kappa shape index (κ2) is 7.05. The highest BCUT2D eigenvalue weighted by molar-refractivity contribution is 5.77. The maximum Gasteiger partial charge on any atom is 0.223 e. The summed E-state index contributed by atoms with van der Waals surface area (Å²) in [6.07, 6.45) is 2.95. The molecule has 1 amide bonds. The highest BCUT2D eigenvalue weighted by Gasteiger charge is 2.33. The third-order valence-electron chi connectivity index (χ3n) is 4.78. The van der Waals surface area contributed by atoms with Crippen LogP contribution in [0.1, 0.15) is 23.6 Å². The van der Waals surface area contributed by atoms with E-state index in [2.05, 4.69) is 5.10 Å². The minimum absolute atomic E-state index is 0.0287. The summed E-state index contributed by atoms with van der Waals surface area (Å²) in [5, 5.41) is 4.13. The van der Waals surface area contributed by atoms with Crippen LogP contribution >= 0.6 is 0 Å². The zero-order chi connectivity index (χ0) is 17.1. The molecule has 6 heteroatoms. The maximum atomic E-state index is 12.5. The van der Waals surface area contributed by atoms with Crippen molar-refractivity contribution in [3.8, 4) is 5.75 Å². The molecule has 24 heavy (non-hydrogen) atoms. The number of hydrogen-bond donors (Lipinski definition) is 1. The lowest BCUT2D eigenvalue weighted by Crippen LogP contribution is -2.32. The zero-order valence-corrected chi connectivity index (χ0v) is 14.2. The van der Waals surface area contributed by atoms with Crippen LogP contribution in [0.3, 0.4) is 0 Å². The summed E-state index contributed by atoms with van der Waals surface area (Å²) in [6.45, 7) is 1.29. The van der Waals surface area contributed by atoms with Gasteiger partial charge in [0.25, 0.3) is 0 Å². The van der Waals surface area contributed by atoms with Gasteiger partial charge < -0.3 is 15.4 Å². The van der Waals surface area contributed by atoms with E-state index in [-0.39, 0.29) is 17.9 Å². The number of aromatic nitrogens is 2. The van der Waals surface area contributed by atoms with Gasteiger partial charge in [-0.1, -0.05) is 12.1 Å². The quantitative estimate of drug-likeness (QED) is 0.898. The summed E-state index contributed by atoms with van der Waals surface area (Å²) in [4.78, 5) is 14.4. The molecular weight excluding hydrogens is 304 g/mol. The third kappa shape index (κ3) is 3.43. The minimum atomic E-state index is -0.0287. The van der Waals surface area contributed by atoms with Gasteiger partial charge in [-0.25, -0.2) is 0 Å². The van der Waals surface area contributed by atoms with Crippen molar-refractivity contribution in [3.05, 3.63) is 47.8 Å². The van der Waals surface area contributed by atoms with Crippen molar-refractivity contribution >= 4 is 5.91 Å². The third-order valence-corrected chi connectivity index (χ3v) is 4.78. The van der Waals surface area contributed by atoms with E-state index in [1.807, 2.05) is 47.0 Å². The highest BCUT2D eigenvalue weighted by Crippen LogP contribution is 2.28. The van der Waals surface area contributed by atoms with Crippen LogP contribution in [-0.2, 0) is 18.3 Å². The number of methoxy groups -OCH3 is 1. The number of benzene rings is 1. The van der Waals surface area contributed by atoms with Crippen LogP contribution in [0.4, 0.5) is 0 Å². The Morgan fingerprint density at radius 1 is 1.29 bits per heavy atom. The van der Waals surface area contributed by atoms with Crippen molar-refractivity contribution in [1.29, 1.82) is 0 Å². The van der Waals surface area contributed by atoms with Gasteiger partial charge in [0.15, 0.2) is 0 Å². The molecule has 3 rings (SSSR count). The number of aryl methyl sites for hydroxylation is 2. The second-order valence-electron chi connectivity index (χ2n) is 6.29. The van der Waals surface area contributed by atoms with E-state index in [1.54, 1.807) is 13.3 Å². The number of amides is 1. The molecule has 128 valence electrons. The van der Waals surface area contributed by atoms with Crippen molar-refractivity contribution < 1.29 is 9.53 Å². The Labute approximate surface area is 142 Å². The monoisotopic (exact) mass is 328 g/mol. The lowest BCUT2D eigenvalue weighted by molar-refractivity contribution is -0.130. The van der Waals surface area contributed by atoms with E-state index >= 15 is 0 Å². The lowest BCUT2D eigenvalue weighted by atomic mass is 9.95. The molecule has 1 aromatic heterocycles. The SMILES string of the molecule is COc1ccc([C@H]2CN(C(=O)CCc3ccnn3C)C[C@@H]2N)cc1. The standard InChI is InChI=1S/C18H24N4O2/c1-21-14(9-10-20-21)5-8-18(23)22-11-16(17(19)12-22)13-3-6-15(24-2)7-4-13/h3-4,6-7,9-10,16-17H,5,8,11-12,19H2,1-2H3/t16-,17+/m1/s1. The van der Waals surface area contributed by atoms with Gasteiger partial charge in [0, 0.05) is 50.4 Å². The fourth-order valence-corrected chi connectivity index (χ4v) is 3.28. The number of nitrogens with two attached hydrogens (primary N) is 1. The summed E-state index contributed by atoms with van der Waals surface area (Å²) in [5.41, 5.74) is 8.51. The van der Waals surface area contributed by atoms with E-state index in [1.165, 1.54) is 0 Å². The average molecular weight is 328 g/mol. The van der Waals surface area contributed by atoms with Crippen LogP contribution in [0.25, 0.3) is 0 Å². The Hall–Kier alpha value is -2.34. The van der Waals surface area contributed by atoms with Crippen LogP contribution in [0.15, 0.2) is 36.5 Å². The summed E-state index contributed by atoms with van der Waals surface area (Å²) < 4.78 is 7.00. The molecule has 2 N–H and O–H groups in total. The van der Waals surface area contributed by atoms with Gasteiger partial charge >= 0.3 is 0 Å². The van der Waals surface area contributed by atoms with E-state index in [4.69, 9.17) is 10.5 Å². The summed E-state index contributed by atoms with van der Waals surface area (Å²) in [5.74, 6) is 1.16. The first kappa shape index (κ1) is 16.5. The lowest BCUT2D eigenvalue weighted by Gasteiger charge is -2.16. The number of nitrogens with zero attached hydrogens (tertiary/aromatic N) is 3. The molecule has 1 saturated heterocycles. The molecule has 2 aromatic rings. The minimum Gasteiger partial charge on any atom is -0.497 e. The summed E-state index contributed by atoms with van der Waals surface area (Å²) in [6, 6.07) is 9.87. The second-order valence-corrected chi connectivity index (χ2v) is 6.29. The normalized spacial score (nSPS) is 20.4. The first-order chi connectivity index (χ1) is 11.6. The van der Waals surface area contributed by atoms with E-state index < -0.39 is 0 Å². The fourth-order valence-electron chi connectivity index (χ4n) is 3.28. The van der Waals surface area contributed by atoms with Gasteiger partial charge in [-0.2, -0.15) is 5.10 Å². The molecule has 2 atom stereocenters. The van der Waals surface area contributed by atoms with Crippen LogP contribution in [0.5, 0.6) is 5.75 Å². The summed E-state index contributed by atoms with van der Waals surface area (Å²) in [7, 11) is 3.55. The van der Waals surface area contributed by atoms with Crippen molar-refractivity contribution in [2.45, 2.75) is 24.8 Å². The Balaban J connectivity index is 1.60. The van der Waals surface area contributed by atoms with E-state index in [0.29, 0.717) is 25.9 Å². The van der Waals surface area contributed by atoms with Crippen LogP contribution in [0.2, 0.25) is 0 Å². The summed E-state index contributed by atoms with van der Waals surface area (Å²) >= 11 is 0. The maximum absolute atomic E-state index is 12.5. The van der Waals surface area contributed by atoms with Gasteiger partial charge in [-0.15, -0.1) is 0 Å². The molecule has 0 saturated carbocycles. The Bertz CT molecular complexity index is 695. The van der Waals surface area contributed by atoms with Gasteiger partial charge in [-0.3, -0.25) is 9.48 Å². The van der Waals surface area contributed by atoms with Gasteiger partial charge in [0.1, 0.15) is 5.75 Å². The molecule has 0 spiro atoms. The number of carbonyl (C=O) groups excluding carboxylic acids is 1. The van der Waals surface area contributed by atoms with Crippen LogP contribution < -0.4 is 10.5 Å². The molecule has 1 aromatic carbocycles. The van der Waals surface area contributed by atoms with Crippen molar-refractivity contribution in [2.24, 2.45) is 12.8 Å². The number of carbonyl (C=O) groups is 1. The smallest absolute Gasteiger partial charge is 0.223 e. The topological polar surface area (TPSA) is 73.4 Å². The predicted molar refractivity (Wildman–Crippen MR) is 91.8 cm³/mol. The van der Waals surface area contributed by atoms with E-state index in [0.717, 1.165) is 17.0 Å². The van der Waals surface area contributed by atoms with Crippen LogP contribution in [0, 0.1) is 0 Å². The molecule has 0 radical (unpaired) electrons. The zero-order valence-electron chi connectivity index (χ0n) is 14.2. The predicted octanol–water partition coefficient (Wildman–Crippen LogP) is 1.31. The number of hydrogen-bond acceptors (Lipinski definition) is 4. The van der Waals surface area contributed by atoms with Crippen molar-refractivity contribution in [2.75, 3.05) is 20.2 Å². The van der Waals surface area contributed by atoms with Crippen molar-refractivity contribution in [1.82, 2.24) is 14.7 Å². The fraction of sp³-hybridized carbons (Fsp3) is 0.444. The largest absolute Gasteiger partial charge is 0.497 e. The molecule has 6 nitrogen and oxygen atoms in total. The average Bonchev–Trinajstić information content (AvgIpc) is 3.18. The first-order valence-electron chi connectivity index (χ1n) is 8.22. The Morgan fingerprint density at radius 2 is 2.04 bits per heavy atom. The van der Waals surface area contributed by atoms with Crippen molar-refractivity contribution in [3.63, 3.8) is 0 Å². The number of ether oxygens (including phenoxy) is 1. The molecule has 0 unspecified atom stereocenters. The molecular formula is C18H24N4O2.